The quantitative estimate of drug-likeness (QED) is 0.0178. The number of thiophene rings is 1. The molecule has 4 aromatic carbocycles. The van der Waals surface area contributed by atoms with Gasteiger partial charge in [0.2, 0.25) is 0 Å². The summed E-state index contributed by atoms with van der Waals surface area (Å²) >= 11 is 0. The van der Waals surface area contributed by atoms with Crippen molar-refractivity contribution in [1.29, 1.82) is 0 Å². The zero-order valence-corrected chi connectivity index (χ0v) is 44.4. The summed E-state index contributed by atoms with van der Waals surface area (Å²) in [6.45, 7) is 11.4. The first-order chi connectivity index (χ1) is 34.5. The molecule has 2 N–H and O–H groups in total. The summed E-state index contributed by atoms with van der Waals surface area (Å²) in [6, 6.07) is 37.8. The Kier molecular flexibility index (Phi) is 23.6. The summed E-state index contributed by atoms with van der Waals surface area (Å²) in [6.07, 6.45) is 0.0910. The van der Waals surface area contributed by atoms with E-state index in [1.165, 1.54) is 68.8 Å². The molecule has 24 heteroatoms. The second-order valence-corrected chi connectivity index (χ2v) is 24.3. The maximum Gasteiger partial charge on any atom is 0.407 e. The number of carbonyl (C=O) groups excluding carboxylic acids is 4. The predicted molar refractivity (Wildman–Crippen MR) is 275 cm³/mol. The van der Waals surface area contributed by atoms with Gasteiger partial charge in [-0.1, -0.05) is 88.5 Å². The molecule has 1 aliphatic rings. The van der Waals surface area contributed by atoms with E-state index in [2.05, 4.69) is 156 Å². The number of amides is 2. The number of alkyl halides is 4. The topological polar surface area (TPSA) is 244 Å². The lowest BCUT2D eigenvalue weighted by atomic mass is 9.87. The summed E-state index contributed by atoms with van der Waals surface area (Å²) in [5.74, 6) is 1.44. The van der Waals surface area contributed by atoms with E-state index in [0.29, 0.717) is 10.9 Å². The van der Waals surface area contributed by atoms with Crippen molar-refractivity contribution in [2.24, 2.45) is 0 Å². The van der Waals surface area contributed by atoms with Crippen LogP contribution in [0.15, 0.2) is 132 Å². The third-order valence-electron chi connectivity index (χ3n) is 9.95. The average molecular weight is 1120 g/mol. The molecule has 1 saturated heterocycles. The van der Waals surface area contributed by atoms with Crippen LogP contribution in [0.3, 0.4) is 0 Å². The van der Waals surface area contributed by atoms with Crippen molar-refractivity contribution >= 4 is 85.9 Å². The Bertz CT molecular complexity index is 2800. The highest BCUT2D eigenvalue weighted by Crippen LogP contribution is 2.48. The molecule has 0 aliphatic carbocycles. The number of alkyl carbamates (subject to hydrolysis) is 2. The van der Waals surface area contributed by atoms with Gasteiger partial charge in [-0.05, 0) is 86.2 Å². The number of hydrogen-bond acceptors (Lipinski definition) is 14. The second-order valence-electron chi connectivity index (χ2n) is 17.0. The maximum atomic E-state index is 12.6. The highest BCUT2D eigenvalue weighted by Gasteiger charge is 2.40. The van der Waals surface area contributed by atoms with Crippen LogP contribution in [0.5, 0.6) is 0 Å². The first kappa shape index (κ1) is 62.2. The lowest BCUT2D eigenvalue weighted by Crippen LogP contribution is -2.37. The second kappa shape index (κ2) is 28.0. The van der Waals surface area contributed by atoms with E-state index in [1.807, 2.05) is 10.6 Å². The number of fused-ring (bicyclic) bond motifs is 3. The van der Waals surface area contributed by atoms with Gasteiger partial charge in [0.1, 0.15) is 24.7 Å². The molecule has 0 unspecified atom stereocenters. The third-order valence-corrected chi connectivity index (χ3v) is 16.5. The Balaban J connectivity index is 0.000000261. The van der Waals surface area contributed by atoms with Crippen LogP contribution >= 0.6 is 10.5 Å². The molecule has 0 bridgehead atoms. The molecule has 2 heterocycles. The lowest BCUT2D eigenvalue weighted by Gasteiger charge is -2.19. The van der Waals surface area contributed by atoms with Crippen LogP contribution in [0.1, 0.15) is 53.0 Å². The number of ether oxygens (including phenoxy) is 4. The van der Waals surface area contributed by atoms with Gasteiger partial charge in [-0.3, -0.25) is 0 Å². The summed E-state index contributed by atoms with van der Waals surface area (Å²) in [4.78, 5) is 46.5. The van der Waals surface area contributed by atoms with Crippen molar-refractivity contribution in [2.45, 2.75) is 68.3 Å². The first-order valence-electron chi connectivity index (χ1n) is 22.4. The lowest BCUT2D eigenvalue weighted by molar-refractivity contribution is -0.139. The molecule has 0 spiro atoms. The smallest absolute Gasteiger partial charge is 0.407 e. The summed E-state index contributed by atoms with van der Waals surface area (Å²) in [5.41, 5.74) is 2.01. The normalized spacial score (nSPS) is 12.9. The SMILES string of the molecule is C=C(C)C(=O)OCCNC(=O)OCC(F)(F)S(=O)(=O)[O-].C=C(C)C(=O)OCCNC(=O)OCC(F)(F)S(=O)(=O)[O-].CC(C)(C)c1ccc([S+]2CCCC2)cc1.c1ccc(-[s+]2c3ccccc3c3ccccc32)cc1. The Morgan fingerprint density at radius 3 is 1.32 bits per heavy atom. The molecule has 0 radical (unpaired) electrons. The van der Waals surface area contributed by atoms with Crippen molar-refractivity contribution in [2.75, 3.05) is 51.0 Å². The Labute approximate surface area is 433 Å². The fourth-order valence-corrected chi connectivity index (χ4v) is 11.2. The van der Waals surface area contributed by atoms with Gasteiger partial charge in [0.15, 0.2) is 52.6 Å². The molecule has 5 aromatic rings. The minimum atomic E-state index is -5.91. The Hall–Kier alpha value is -6.05. The van der Waals surface area contributed by atoms with Crippen molar-refractivity contribution in [3.05, 3.63) is 133 Å². The first-order valence-corrected chi connectivity index (χ1v) is 28.0. The monoisotopic (exact) mass is 1110 g/mol. The molecule has 2 amide bonds. The number of carbonyl (C=O) groups is 4. The molecule has 0 atom stereocenters. The number of benzene rings is 4. The van der Waals surface area contributed by atoms with Gasteiger partial charge in [-0.15, -0.1) is 0 Å². The minimum Gasteiger partial charge on any atom is -0.743 e. The van der Waals surface area contributed by atoms with E-state index in [4.69, 9.17) is 0 Å². The summed E-state index contributed by atoms with van der Waals surface area (Å²) in [5, 5.41) is -2.83. The minimum absolute atomic E-state index is 0.0594. The molecule has 0 saturated carbocycles. The molecule has 6 rings (SSSR count). The van der Waals surface area contributed by atoms with Gasteiger partial charge in [-0.2, -0.15) is 17.6 Å². The van der Waals surface area contributed by atoms with E-state index in [9.17, 15) is 62.7 Å². The number of nitrogens with one attached hydrogen (secondary N) is 2. The van der Waals surface area contributed by atoms with Crippen LogP contribution in [-0.4, -0.2) is 112 Å². The fraction of sp³-hybridized carbons (Fsp3) is 0.360. The van der Waals surface area contributed by atoms with E-state index >= 15 is 0 Å². The van der Waals surface area contributed by atoms with Crippen LogP contribution in [0.4, 0.5) is 27.2 Å². The largest absolute Gasteiger partial charge is 0.743 e. The van der Waals surface area contributed by atoms with Crippen LogP contribution in [-0.2, 0) is 65.1 Å². The van der Waals surface area contributed by atoms with Gasteiger partial charge < -0.3 is 38.7 Å². The van der Waals surface area contributed by atoms with Gasteiger partial charge in [0, 0.05) is 43.3 Å². The van der Waals surface area contributed by atoms with Crippen LogP contribution in [0.25, 0.3) is 25.1 Å². The van der Waals surface area contributed by atoms with Crippen molar-refractivity contribution in [3.8, 4) is 4.90 Å². The average Bonchev–Trinajstić information content (AvgIpc) is 4.00. The highest BCUT2D eigenvalue weighted by molar-refractivity contribution is 7.97. The molecular formula is C50H58F4N2O14S4. The van der Waals surface area contributed by atoms with Crippen molar-refractivity contribution in [3.63, 3.8) is 0 Å². The van der Waals surface area contributed by atoms with E-state index in [0.717, 1.165) is 0 Å². The van der Waals surface area contributed by atoms with Crippen LogP contribution in [0.2, 0.25) is 0 Å². The van der Waals surface area contributed by atoms with E-state index < -0.39 is 68.1 Å². The Morgan fingerprint density at radius 2 is 0.959 bits per heavy atom. The molecular weight excluding hydrogens is 1060 g/mol. The van der Waals surface area contributed by atoms with E-state index in [-0.39, 0.29) is 53.3 Å². The van der Waals surface area contributed by atoms with Crippen LogP contribution < -0.4 is 10.6 Å². The number of esters is 2. The van der Waals surface area contributed by atoms with Crippen molar-refractivity contribution in [1.82, 2.24) is 10.6 Å². The molecule has 1 aliphatic heterocycles. The standard InChI is InChI=1S/C18H13S.C14H21S.2C9H13F2NO7S/c1-2-8-14(9-3-1)19-17-12-6-4-10-15(17)16-11-5-7-13-18(16)19;1-14(2,3)12-6-8-13(9-7-12)15-10-4-5-11-15;2*1-6(2)7(13)18-4-3-12-8(14)19-5-9(10,11)20(15,16)17/h1-13H;6-9H,4-5,10-11H2,1-3H3;2*1,3-5H2,2H3,(H,12,14)(H,15,16,17)/q2*+1;;/p-2. The maximum absolute atomic E-state index is 12.6. The predicted octanol–water partition coefficient (Wildman–Crippen LogP) is 9.43. The number of halogens is 4. The highest BCUT2D eigenvalue weighted by atomic mass is 32.2. The summed E-state index contributed by atoms with van der Waals surface area (Å²) < 4.78 is 131. The van der Waals surface area contributed by atoms with Gasteiger partial charge in [0.25, 0.3) is 0 Å². The van der Waals surface area contributed by atoms with Gasteiger partial charge in [0.05, 0.1) is 13.1 Å². The zero-order valence-electron chi connectivity index (χ0n) is 41.2. The van der Waals surface area contributed by atoms with E-state index in [1.54, 1.807) is 4.90 Å². The summed E-state index contributed by atoms with van der Waals surface area (Å²) in [7, 11) is -11.2. The zero-order chi connectivity index (χ0) is 55.5. The van der Waals surface area contributed by atoms with Gasteiger partial charge >= 0.3 is 34.6 Å². The fourth-order valence-electron chi connectivity index (χ4n) is 6.09. The van der Waals surface area contributed by atoms with Crippen molar-refractivity contribution < 1.29 is 81.6 Å². The molecule has 1 fully saturated rings. The number of hydrogen-bond donors (Lipinski definition) is 2. The molecule has 1 aromatic heterocycles. The molecule has 16 nitrogen and oxygen atoms in total. The number of rotatable bonds is 16. The molecule has 74 heavy (non-hydrogen) atoms. The molecule has 404 valence electrons. The van der Waals surface area contributed by atoms with Gasteiger partial charge in [-0.25, -0.2) is 36.0 Å². The third kappa shape index (κ3) is 19.7. The Morgan fingerprint density at radius 1 is 0.581 bits per heavy atom. The van der Waals surface area contributed by atoms with Crippen LogP contribution in [0, 0.1) is 0 Å².